The quantitative estimate of drug-likeness (QED) is 0.154. The Balaban J connectivity index is 0.000000174. The minimum absolute atomic E-state index is 0.0438. The van der Waals surface area contributed by atoms with Crippen molar-refractivity contribution < 1.29 is 51.2 Å². The molecule has 4 aromatic rings. The number of rotatable bonds is 10. The first-order valence-corrected chi connectivity index (χ1v) is 19.5. The van der Waals surface area contributed by atoms with Crippen LogP contribution in [0.4, 0.5) is 33.3 Å². The first-order chi connectivity index (χ1) is 27.3. The molecule has 302 valence electrons. The Morgan fingerprint density at radius 3 is 2.05 bits per heavy atom. The fraction of sp³-hybridized carbons (Fsp3) is 0.409. The van der Waals surface area contributed by atoms with Crippen molar-refractivity contribution in [1.29, 1.82) is 0 Å². The largest absolute Gasteiger partial charge is 0.573 e. The van der Waals surface area contributed by atoms with Gasteiger partial charge < -0.3 is 29.5 Å². The molecule has 0 radical (unpaired) electrons. The van der Waals surface area contributed by atoms with Gasteiger partial charge in [0.25, 0.3) is 0 Å². The number of hydrogen-bond acceptors (Lipinski definition) is 6. The summed E-state index contributed by atoms with van der Waals surface area (Å²) in [6.45, 7) is 2.33. The van der Waals surface area contributed by atoms with Crippen LogP contribution in [-0.4, -0.2) is 54.3 Å². The van der Waals surface area contributed by atoms with E-state index in [0.717, 1.165) is 97.8 Å². The van der Waals surface area contributed by atoms with E-state index in [4.69, 9.17) is 9.84 Å². The Kier molecular flexibility index (Phi) is 11.9. The third-order valence-electron chi connectivity index (χ3n) is 11.3. The van der Waals surface area contributed by atoms with E-state index in [1.54, 1.807) is 11.0 Å². The average molecular weight is 793 g/mol. The first-order valence-electron chi connectivity index (χ1n) is 19.5. The normalized spacial score (nSPS) is 19.1. The van der Waals surface area contributed by atoms with E-state index in [1.807, 2.05) is 24.3 Å². The van der Waals surface area contributed by atoms with Crippen LogP contribution in [0.5, 0.6) is 11.5 Å². The number of hydrogen-bond donors (Lipinski definition) is 2. The number of carboxylic acids is 2. The molecule has 0 bridgehead atoms. The average Bonchev–Trinajstić information content (AvgIpc) is 4.00. The number of ether oxygens (including phenoxy) is 2. The number of benzene rings is 4. The smallest absolute Gasteiger partial charge is 0.490 e. The van der Waals surface area contributed by atoms with Crippen molar-refractivity contribution in [2.75, 3.05) is 29.4 Å². The Morgan fingerprint density at radius 2 is 1.39 bits per heavy atom. The number of carboxylic acid groups (broad SMARTS) is 2. The second kappa shape index (κ2) is 17.0. The lowest BCUT2D eigenvalue weighted by atomic mass is 9.96. The third kappa shape index (κ3) is 10.2. The lowest BCUT2D eigenvalue weighted by Gasteiger charge is -2.28. The van der Waals surface area contributed by atoms with Crippen molar-refractivity contribution in [3.63, 3.8) is 0 Å². The van der Waals surface area contributed by atoms with Gasteiger partial charge in [-0.1, -0.05) is 36.4 Å². The minimum Gasteiger partial charge on any atom is -0.490 e. The van der Waals surface area contributed by atoms with Gasteiger partial charge in [0.2, 0.25) is 0 Å². The summed E-state index contributed by atoms with van der Waals surface area (Å²) in [5.74, 6) is -2.18. The minimum atomic E-state index is -4.84. The van der Waals surface area contributed by atoms with Crippen LogP contribution in [-0.2, 0) is 41.8 Å². The number of nitrogens with zero attached hydrogens (tertiary/aromatic N) is 2. The van der Waals surface area contributed by atoms with Gasteiger partial charge in [0, 0.05) is 44.7 Å². The summed E-state index contributed by atoms with van der Waals surface area (Å²) in [5, 5.41) is 18.0. The van der Waals surface area contributed by atoms with Crippen LogP contribution >= 0.6 is 0 Å². The SMILES string of the molecule is O=C(O)C1CC1c1ccc2c(c1)CCN(c1cc(OC3CCC3)ccc1F)CC2.O=C(O)CCc1ccc2c(c1)CCCN(c1cc(OC(F)(F)F)ccc1F)C2. The van der Waals surface area contributed by atoms with Gasteiger partial charge in [-0.15, -0.1) is 13.2 Å². The molecule has 2 fully saturated rings. The number of aryl methyl sites for hydroxylation is 2. The highest BCUT2D eigenvalue weighted by atomic mass is 19.4. The van der Waals surface area contributed by atoms with Crippen LogP contribution in [0, 0.1) is 17.6 Å². The summed E-state index contributed by atoms with van der Waals surface area (Å²) in [6.07, 6.45) is 3.13. The van der Waals surface area contributed by atoms with Crippen LogP contribution < -0.4 is 19.3 Å². The first kappa shape index (κ1) is 39.9. The zero-order chi connectivity index (χ0) is 40.3. The molecule has 2 saturated carbocycles. The molecule has 2 heterocycles. The Bertz CT molecular complexity index is 2100. The van der Waals surface area contributed by atoms with E-state index >= 15 is 0 Å². The number of fused-ring (bicyclic) bond motifs is 2. The molecule has 2 unspecified atom stereocenters. The second-order valence-electron chi connectivity index (χ2n) is 15.3. The zero-order valence-electron chi connectivity index (χ0n) is 31.4. The highest BCUT2D eigenvalue weighted by molar-refractivity contribution is 5.75. The van der Waals surface area contributed by atoms with Gasteiger partial charge >= 0.3 is 18.3 Å². The number of carbonyl (C=O) groups is 2. The molecule has 13 heteroatoms. The number of aliphatic carboxylic acids is 2. The Labute approximate surface area is 327 Å². The number of halogens is 5. The highest BCUT2D eigenvalue weighted by Gasteiger charge is 2.44. The lowest BCUT2D eigenvalue weighted by molar-refractivity contribution is -0.274. The van der Waals surface area contributed by atoms with Crippen molar-refractivity contribution in [2.24, 2.45) is 5.92 Å². The molecule has 0 amide bonds. The van der Waals surface area contributed by atoms with Gasteiger partial charge in [-0.25, -0.2) is 8.78 Å². The van der Waals surface area contributed by atoms with Crippen LogP contribution in [0.2, 0.25) is 0 Å². The van der Waals surface area contributed by atoms with Gasteiger partial charge in [-0.3, -0.25) is 9.59 Å². The number of anilines is 2. The summed E-state index contributed by atoms with van der Waals surface area (Å²) in [7, 11) is 0. The topological polar surface area (TPSA) is 99.5 Å². The molecule has 0 saturated heterocycles. The van der Waals surface area contributed by atoms with Crippen LogP contribution in [0.3, 0.4) is 0 Å². The van der Waals surface area contributed by atoms with Crippen LogP contribution in [0.25, 0.3) is 0 Å². The Morgan fingerprint density at radius 1 is 0.719 bits per heavy atom. The van der Waals surface area contributed by atoms with Gasteiger partial charge in [0.15, 0.2) is 0 Å². The predicted octanol–water partition coefficient (Wildman–Crippen LogP) is 9.24. The molecule has 57 heavy (non-hydrogen) atoms. The highest BCUT2D eigenvalue weighted by Crippen LogP contribution is 2.48. The molecule has 0 aromatic heterocycles. The van der Waals surface area contributed by atoms with Crippen LogP contribution in [0.1, 0.15) is 77.8 Å². The van der Waals surface area contributed by atoms with Crippen molar-refractivity contribution in [1.82, 2.24) is 0 Å². The maximum absolute atomic E-state index is 14.6. The number of alkyl halides is 3. The van der Waals surface area contributed by atoms with E-state index in [1.165, 1.54) is 23.6 Å². The van der Waals surface area contributed by atoms with Crippen molar-refractivity contribution in [3.05, 3.63) is 118 Å². The summed E-state index contributed by atoms with van der Waals surface area (Å²) >= 11 is 0. The predicted molar refractivity (Wildman–Crippen MR) is 204 cm³/mol. The molecule has 8 rings (SSSR count). The maximum Gasteiger partial charge on any atom is 0.573 e. The molecular weight excluding hydrogens is 747 g/mol. The van der Waals surface area contributed by atoms with Gasteiger partial charge in [0.1, 0.15) is 23.1 Å². The molecule has 2 N–H and O–H groups in total. The summed E-state index contributed by atoms with van der Waals surface area (Å²) < 4.78 is 76.2. The van der Waals surface area contributed by atoms with Gasteiger partial charge in [-0.2, -0.15) is 0 Å². The van der Waals surface area contributed by atoms with E-state index in [-0.39, 0.29) is 35.9 Å². The summed E-state index contributed by atoms with van der Waals surface area (Å²) in [6, 6.07) is 20.1. The Hall–Kier alpha value is -5.33. The van der Waals surface area contributed by atoms with Crippen molar-refractivity contribution in [2.45, 2.75) is 89.1 Å². The molecule has 2 aliphatic carbocycles. The zero-order valence-corrected chi connectivity index (χ0v) is 31.4. The van der Waals surface area contributed by atoms with E-state index in [0.29, 0.717) is 31.6 Å². The monoisotopic (exact) mass is 792 g/mol. The van der Waals surface area contributed by atoms with E-state index in [2.05, 4.69) is 27.8 Å². The third-order valence-corrected chi connectivity index (χ3v) is 11.3. The molecule has 2 atom stereocenters. The fourth-order valence-electron chi connectivity index (χ4n) is 7.90. The summed E-state index contributed by atoms with van der Waals surface area (Å²) in [4.78, 5) is 25.7. The molecular formula is C44H45F5N2O6. The van der Waals surface area contributed by atoms with Crippen molar-refractivity contribution in [3.8, 4) is 11.5 Å². The van der Waals surface area contributed by atoms with Crippen LogP contribution in [0.15, 0.2) is 72.8 Å². The standard InChI is InChI=1S/C24H26FNO3.C20H19F4NO3/c25-22-7-6-19(29-18-2-1-3-18)13-23(22)26-10-8-15-4-5-17(12-16(15)9-11-26)20-14-21(20)24(27)28;21-17-7-6-16(28-20(22,23)24)11-18(17)25-9-1-2-14-10-13(4-8-19(26)27)3-5-15(14)12-25/h4-7,12-13,18,20-21H,1-3,8-11,14H2,(H,27,28);3,5-7,10-11H,1-2,4,8-9,12H2,(H,26,27). The lowest BCUT2D eigenvalue weighted by Crippen LogP contribution is -2.27. The molecule has 8 nitrogen and oxygen atoms in total. The second-order valence-corrected chi connectivity index (χ2v) is 15.3. The molecule has 0 spiro atoms. The molecule has 4 aromatic carbocycles. The van der Waals surface area contributed by atoms with E-state index in [9.17, 15) is 36.6 Å². The molecule has 4 aliphatic rings. The van der Waals surface area contributed by atoms with Gasteiger partial charge in [-0.05, 0) is 121 Å². The summed E-state index contributed by atoms with van der Waals surface area (Å²) in [5.41, 5.74) is 7.27. The fourth-order valence-corrected chi connectivity index (χ4v) is 7.90. The van der Waals surface area contributed by atoms with Crippen molar-refractivity contribution >= 4 is 23.3 Å². The maximum atomic E-state index is 14.6. The van der Waals surface area contributed by atoms with Gasteiger partial charge in [0.05, 0.1) is 23.4 Å². The van der Waals surface area contributed by atoms with E-state index < -0.39 is 29.9 Å². The molecule has 2 aliphatic heterocycles.